The largest absolute Gasteiger partial charge is 0.504 e. The number of phenolic OH excluding ortho intramolecular Hbond substituents is 2. The Labute approximate surface area is 117 Å². The maximum absolute atomic E-state index is 12.0. The Morgan fingerprint density at radius 3 is 2.55 bits per heavy atom. The average Bonchev–Trinajstić information content (AvgIpc) is 2.73. The van der Waals surface area contributed by atoms with Gasteiger partial charge in [0.25, 0.3) is 5.91 Å². The summed E-state index contributed by atoms with van der Waals surface area (Å²) in [6.45, 7) is 1.63. The van der Waals surface area contributed by atoms with Crippen molar-refractivity contribution >= 4 is 28.2 Å². The summed E-state index contributed by atoms with van der Waals surface area (Å²) in [5, 5.41) is 30.7. The molecule has 0 saturated carbocycles. The third-order valence-corrected chi connectivity index (χ3v) is 3.75. The molecule has 1 heterocycles. The van der Waals surface area contributed by atoms with Gasteiger partial charge in [-0.1, -0.05) is 6.07 Å². The maximum atomic E-state index is 12.0. The van der Waals surface area contributed by atoms with Crippen LogP contribution in [0.3, 0.4) is 0 Å². The van der Waals surface area contributed by atoms with E-state index in [2.05, 4.69) is 5.32 Å². The first kappa shape index (κ1) is 13.9. The summed E-state index contributed by atoms with van der Waals surface area (Å²) in [7, 11) is 0. The number of hydrogen-bond acceptors (Lipinski definition) is 5. The first-order chi connectivity index (χ1) is 9.40. The number of carbonyl (C=O) groups is 2. The normalized spacial score (nSPS) is 10.2. The minimum atomic E-state index is -1.06. The lowest BCUT2D eigenvalue weighted by Gasteiger charge is -2.05. The van der Waals surface area contributed by atoms with Crippen molar-refractivity contribution in [3.63, 3.8) is 0 Å². The molecule has 1 amide bonds. The standard InChI is InChI=1S/C13H11NO5S/c1-6-5-9(20-11(6)13(18)19)14-12(17)7-3-2-4-8(15)10(7)16/h2-5,15-16H,1H3,(H,14,17)(H,18,19). The van der Waals surface area contributed by atoms with Crippen LogP contribution in [0.1, 0.15) is 25.6 Å². The van der Waals surface area contributed by atoms with E-state index in [0.29, 0.717) is 10.6 Å². The lowest BCUT2D eigenvalue weighted by atomic mass is 10.1. The average molecular weight is 293 g/mol. The number of carbonyl (C=O) groups excluding carboxylic acids is 1. The second-order valence-electron chi connectivity index (χ2n) is 4.06. The van der Waals surface area contributed by atoms with E-state index in [0.717, 1.165) is 11.3 Å². The van der Waals surface area contributed by atoms with Crippen molar-refractivity contribution in [2.45, 2.75) is 6.92 Å². The summed E-state index contributed by atoms with van der Waals surface area (Å²) in [6, 6.07) is 5.56. The minimum absolute atomic E-state index is 0.0899. The topological polar surface area (TPSA) is 107 Å². The number of nitrogens with one attached hydrogen (secondary N) is 1. The fourth-order valence-corrected chi connectivity index (χ4v) is 2.56. The van der Waals surface area contributed by atoms with Gasteiger partial charge in [-0.2, -0.15) is 0 Å². The Morgan fingerprint density at radius 1 is 1.25 bits per heavy atom. The predicted octanol–water partition coefficient (Wildman–Crippen LogP) is 2.42. The number of carboxylic acids is 1. The highest BCUT2D eigenvalue weighted by atomic mass is 32.1. The Balaban J connectivity index is 2.26. The zero-order chi connectivity index (χ0) is 14.9. The highest BCUT2D eigenvalue weighted by Gasteiger charge is 2.17. The van der Waals surface area contributed by atoms with Gasteiger partial charge in [0.2, 0.25) is 0 Å². The smallest absolute Gasteiger partial charge is 0.346 e. The van der Waals surface area contributed by atoms with Gasteiger partial charge in [0.05, 0.1) is 10.6 Å². The highest BCUT2D eigenvalue weighted by Crippen LogP contribution is 2.31. The van der Waals surface area contributed by atoms with Crippen molar-refractivity contribution in [1.82, 2.24) is 0 Å². The number of carboxylic acid groups (broad SMARTS) is 1. The van der Waals surface area contributed by atoms with Gasteiger partial charge in [0, 0.05) is 0 Å². The van der Waals surface area contributed by atoms with E-state index in [1.807, 2.05) is 0 Å². The van der Waals surface area contributed by atoms with E-state index in [4.69, 9.17) is 5.11 Å². The molecule has 104 valence electrons. The molecule has 0 bridgehead atoms. The quantitative estimate of drug-likeness (QED) is 0.650. The zero-order valence-corrected chi connectivity index (χ0v) is 11.2. The number of aromatic hydroxyl groups is 2. The van der Waals surface area contributed by atoms with Gasteiger partial charge in [-0.25, -0.2) is 4.79 Å². The monoisotopic (exact) mass is 293 g/mol. The van der Waals surface area contributed by atoms with Crippen LogP contribution in [0.4, 0.5) is 5.00 Å². The van der Waals surface area contributed by atoms with Crippen LogP contribution in [0.2, 0.25) is 0 Å². The molecule has 0 aliphatic rings. The molecule has 0 fully saturated rings. The highest BCUT2D eigenvalue weighted by molar-refractivity contribution is 7.18. The number of benzene rings is 1. The van der Waals surface area contributed by atoms with E-state index >= 15 is 0 Å². The molecule has 0 aliphatic heterocycles. The summed E-state index contributed by atoms with van der Waals surface area (Å²) in [4.78, 5) is 23.0. The van der Waals surface area contributed by atoms with Crippen LogP contribution < -0.4 is 5.32 Å². The predicted molar refractivity (Wildman–Crippen MR) is 73.7 cm³/mol. The van der Waals surface area contributed by atoms with Crippen LogP contribution in [-0.4, -0.2) is 27.2 Å². The molecule has 7 heteroatoms. The molecule has 0 aliphatic carbocycles. The van der Waals surface area contributed by atoms with Gasteiger partial charge in [0.15, 0.2) is 11.5 Å². The Hall–Kier alpha value is -2.54. The van der Waals surface area contributed by atoms with Crippen molar-refractivity contribution in [1.29, 1.82) is 0 Å². The van der Waals surface area contributed by atoms with Crippen molar-refractivity contribution in [2.75, 3.05) is 5.32 Å². The molecule has 6 nitrogen and oxygen atoms in total. The summed E-state index contributed by atoms with van der Waals surface area (Å²) >= 11 is 0.925. The van der Waals surface area contributed by atoms with E-state index in [1.165, 1.54) is 24.3 Å². The SMILES string of the molecule is Cc1cc(NC(=O)c2cccc(O)c2O)sc1C(=O)O. The number of aryl methyl sites for hydroxylation is 1. The van der Waals surface area contributed by atoms with Crippen LogP contribution in [-0.2, 0) is 0 Å². The number of aromatic carboxylic acids is 1. The minimum Gasteiger partial charge on any atom is -0.504 e. The number of rotatable bonds is 3. The Morgan fingerprint density at radius 2 is 1.95 bits per heavy atom. The molecule has 0 saturated heterocycles. The van der Waals surface area contributed by atoms with Gasteiger partial charge in [-0.15, -0.1) is 11.3 Å². The third-order valence-electron chi connectivity index (χ3n) is 2.61. The lowest BCUT2D eigenvalue weighted by Crippen LogP contribution is -2.10. The number of thiophene rings is 1. The van der Waals surface area contributed by atoms with E-state index in [9.17, 15) is 19.8 Å². The molecule has 0 unspecified atom stereocenters. The first-order valence-electron chi connectivity index (χ1n) is 5.56. The van der Waals surface area contributed by atoms with E-state index in [-0.39, 0.29) is 10.4 Å². The molecule has 4 N–H and O–H groups in total. The van der Waals surface area contributed by atoms with Crippen LogP contribution in [0.5, 0.6) is 11.5 Å². The Bertz CT molecular complexity index is 692. The van der Waals surface area contributed by atoms with Crippen molar-refractivity contribution in [2.24, 2.45) is 0 Å². The summed E-state index contributed by atoms with van der Waals surface area (Å²) in [6.07, 6.45) is 0. The second kappa shape index (κ2) is 5.22. The lowest BCUT2D eigenvalue weighted by molar-refractivity contribution is 0.0701. The van der Waals surface area contributed by atoms with Gasteiger partial charge in [-0.3, -0.25) is 4.79 Å². The van der Waals surface area contributed by atoms with Crippen molar-refractivity contribution in [3.05, 3.63) is 40.3 Å². The van der Waals surface area contributed by atoms with Crippen molar-refractivity contribution in [3.8, 4) is 11.5 Å². The maximum Gasteiger partial charge on any atom is 0.346 e. The van der Waals surface area contributed by atoms with E-state index < -0.39 is 23.4 Å². The van der Waals surface area contributed by atoms with Gasteiger partial charge >= 0.3 is 5.97 Å². The number of amides is 1. The number of hydrogen-bond donors (Lipinski definition) is 4. The number of anilines is 1. The first-order valence-corrected chi connectivity index (χ1v) is 6.38. The summed E-state index contributed by atoms with van der Waals surface area (Å²) in [5.74, 6) is -2.60. The molecule has 2 rings (SSSR count). The zero-order valence-electron chi connectivity index (χ0n) is 10.4. The van der Waals surface area contributed by atoms with Gasteiger partial charge in [0.1, 0.15) is 4.88 Å². The van der Waals surface area contributed by atoms with Crippen LogP contribution in [0.15, 0.2) is 24.3 Å². The fourth-order valence-electron chi connectivity index (χ4n) is 1.65. The summed E-state index contributed by atoms with van der Waals surface area (Å²) in [5.41, 5.74) is 0.450. The van der Waals surface area contributed by atoms with Gasteiger partial charge in [-0.05, 0) is 30.7 Å². The molecule has 1 aromatic heterocycles. The van der Waals surface area contributed by atoms with Crippen LogP contribution >= 0.6 is 11.3 Å². The van der Waals surface area contributed by atoms with Gasteiger partial charge < -0.3 is 20.6 Å². The molecule has 0 atom stereocenters. The number of para-hydroxylation sites is 1. The molecule has 0 spiro atoms. The second-order valence-corrected chi connectivity index (χ2v) is 5.11. The van der Waals surface area contributed by atoms with Crippen molar-refractivity contribution < 1.29 is 24.9 Å². The fraction of sp³-hybridized carbons (Fsp3) is 0.0769. The van der Waals surface area contributed by atoms with E-state index in [1.54, 1.807) is 6.92 Å². The summed E-state index contributed by atoms with van der Waals surface area (Å²) < 4.78 is 0. The Kier molecular flexibility index (Phi) is 3.62. The molecule has 20 heavy (non-hydrogen) atoms. The third kappa shape index (κ3) is 2.57. The number of phenols is 2. The van der Waals surface area contributed by atoms with Crippen LogP contribution in [0.25, 0.3) is 0 Å². The van der Waals surface area contributed by atoms with Crippen LogP contribution in [0, 0.1) is 6.92 Å². The molecule has 2 aromatic rings. The molecule has 1 aromatic carbocycles. The molecular formula is C13H11NO5S. The molecular weight excluding hydrogens is 282 g/mol. The molecule has 0 radical (unpaired) electrons.